The van der Waals surface area contributed by atoms with Crippen LogP contribution in [0.15, 0.2) is 4.99 Å². The molecule has 0 heterocycles. The summed E-state index contributed by atoms with van der Waals surface area (Å²) >= 11 is 0. The molecule has 0 radical (unpaired) electrons. The van der Waals surface area contributed by atoms with Crippen molar-refractivity contribution in [3.8, 4) is 0 Å². The SMILES string of the molecule is CCN(CC)S(=O)(=O)CCNC(=NC)NCC1(CC)CCC1. The van der Waals surface area contributed by atoms with Gasteiger partial charge in [-0.3, -0.25) is 4.99 Å². The number of sulfonamides is 1. The first-order valence-electron chi connectivity index (χ1n) is 8.35. The molecule has 1 aliphatic rings. The summed E-state index contributed by atoms with van der Waals surface area (Å²) in [5, 5.41) is 6.44. The Labute approximate surface area is 135 Å². The predicted molar refractivity (Wildman–Crippen MR) is 92.6 cm³/mol. The molecule has 0 atom stereocenters. The monoisotopic (exact) mass is 332 g/mol. The Hall–Kier alpha value is -0.820. The molecule has 0 bridgehead atoms. The van der Waals surface area contributed by atoms with Gasteiger partial charge in [-0.1, -0.05) is 27.2 Å². The second-order valence-electron chi connectivity index (χ2n) is 5.96. The lowest BCUT2D eigenvalue weighted by atomic mass is 9.67. The average molecular weight is 333 g/mol. The molecule has 0 aromatic rings. The minimum Gasteiger partial charge on any atom is -0.356 e. The summed E-state index contributed by atoms with van der Waals surface area (Å²) < 4.78 is 25.7. The molecule has 130 valence electrons. The lowest BCUT2D eigenvalue weighted by Gasteiger charge is -2.41. The third kappa shape index (κ3) is 5.12. The number of nitrogens with one attached hydrogen (secondary N) is 2. The summed E-state index contributed by atoms with van der Waals surface area (Å²) in [5.74, 6) is 0.781. The Kier molecular flexibility index (Phi) is 7.62. The Morgan fingerprint density at radius 1 is 1.18 bits per heavy atom. The topological polar surface area (TPSA) is 73.8 Å². The molecule has 0 aliphatic heterocycles. The summed E-state index contributed by atoms with van der Waals surface area (Å²) in [5.41, 5.74) is 0.408. The average Bonchev–Trinajstić information content (AvgIpc) is 2.45. The van der Waals surface area contributed by atoms with Crippen molar-refractivity contribution in [1.82, 2.24) is 14.9 Å². The first-order chi connectivity index (χ1) is 10.4. The molecule has 6 nitrogen and oxygen atoms in total. The number of hydrogen-bond acceptors (Lipinski definition) is 3. The summed E-state index contributed by atoms with van der Waals surface area (Å²) in [4.78, 5) is 4.17. The third-order valence-corrected chi connectivity index (χ3v) is 6.79. The molecule has 1 aliphatic carbocycles. The molecule has 1 rings (SSSR count). The second-order valence-corrected chi connectivity index (χ2v) is 8.05. The molecular weight excluding hydrogens is 300 g/mol. The van der Waals surface area contributed by atoms with E-state index in [4.69, 9.17) is 0 Å². The minimum atomic E-state index is -3.18. The number of rotatable bonds is 9. The van der Waals surface area contributed by atoms with Crippen LogP contribution in [0.1, 0.15) is 46.5 Å². The van der Waals surface area contributed by atoms with Gasteiger partial charge in [-0.05, 0) is 24.7 Å². The first kappa shape index (κ1) is 19.2. The van der Waals surface area contributed by atoms with Gasteiger partial charge in [-0.25, -0.2) is 12.7 Å². The van der Waals surface area contributed by atoms with Gasteiger partial charge in [-0.15, -0.1) is 0 Å². The van der Waals surface area contributed by atoms with Crippen molar-refractivity contribution in [2.45, 2.75) is 46.5 Å². The zero-order chi connectivity index (χ0) is 16.6. The number of nitrogens with zero attached hydrogens (tertiary/aromatic N) is 2. The van der Waals surface area contributed by atoms with Gasteiger partial charge in [0.15, 0.2) is 5.96 Å². The van der Waals surface area contributed by atoms with E-state index >= 15 is 0 Å². The fourth-order valence-electron chi connectivity index (χ4n) is 2.87. The Balaban J connectivity index is 2.38. The fraction of sp³-hybridized carbons (Fsp3) is 0.933. The molecular formula is C15H32N4O2S. The molecule has 7 heteroatoms. The van der Waals surface area contributed by atoms with Gasteiger partial charge in [0.05, 0.1) is 5.75 Å². The van der Waals surface area contributed by atoms with Crippen molar-refractivity contribution in [3.05, 3.63) is 0 Å². The van der Waals surface area contributed by atoms with Crippen molar-refractivity contribution in [3.63, 3.8) is 0 Å². The second kappa shape index (κ2) is 8.72. The van der Waals surface area contributed by atoms with Crippen molar-refractivity contribution in [1.29, 1.82) is 0 Å². The van der Waals surface area contributed by atoms with E-state index < -0.39 is 10.0 Å². The van der Waals surface area contributed by atoms with E-state index in [1.807, 2.05) is 13.8 Å². The fourth-order valence-corrected chi connectivity index (χ4v) is 4.27. The summed E-state index contributed by atoms with van der Waals surface area (Å²) in [6, 6.07) is 0. The molecule has 0 saturated heterocycles. The minimum absolute atomic E-state index is 0.0916. The van der Waals surface area contributed by atoms with E-state index in [0.29, 0.717) is 31.0 Å². The number of guanidine groups is 1. The van der Waals surface area contributed by atoms with E-state index in [2.05, 4.69) is 22.5 Å². The number of aliphatic imine (C=N–C) groups is 1. The van der Waals surface area contributed by atoms with E-state index in [1.54, 1.807) is 7.05 Å². The van der Waals surface area contributed by atoms with E-state index in [9.17, 15) is 8.42 Å². The molecule has 0 unspecified atom stereocenters. The summed E-state index contributed by atoms with van der Waals surface area (Å²) in [7, 11) is -1.46. The van der Waals surface area contributed by atoms with E-state index in [1.165, 1.54) is 30.0 Å². The maximum atomic E-state index is 12.1. The first-order valence-corrected chi connectivity index (χ1v) is 9.96. The van der Waals surface area contributed by atoms with Crippen LogP contribution in [-0.2, 0) is 10.0 Å². The predicted octanol–water partition coefficient (Wildman–Crippen LogP) is 1.40. The Bertz CT molecular complexity index is 449. The smallest absolute Gasteiger partial charge is 0.215 e. The Morgan fingerprint density at radius 2 is 1.82 bits per heavy atom. The molecule has 0 aromatic heterocycles. The van der Waals surface area contributed by atoms with Crippen LogP contribution in [0.5, 0.6) is 0 Å². The zero-order valence-corrected chi connectivity index (χ0v) is 15.3. The summed E-state index contributed by atoms with van der Waals surface area (Å²) in [6.07, 6.45) is 5.02. The van der Waals surface area contributed by atoms with Crippen LogP contribution < -0.4 is 10.6 Å². The molecule has 0 aromatic carbocycles. The normalized spacial score (nSPS) is 18.1. The highest BCUT2D eigenvalue weighted by molar-refractivity contribution is 7.89. The third-order valence-electron chi connectivity index (χ3n) is 4.77. The highest BCUT2D eigenvalue weighted by atomic mass is 32.2. The molecule has 0 spiro atoms. The van der Waals surface area contributed by atoms with E-state index in [0.717, 1.165) is 6.54 Å². The van der Waals surface area contributed by atoms with Crippen molar-refractivity contribution >= 4 is 16.0 Å². The zero-order valence-electron chi connectivity index (χ0n) is 14.5. The largest absolute Gasteiger partial charge is 0.356 e. The van der Waals surface area contributed by atoms with Crippen LogP contribution in [0, 0.1) is 5.41 Å². The van der Waals surface area contributed by atoms with Gasteiger partial charge in [0.25, 0.3) is 0 Å². The quantitative estimate of drug-likeness (QED) is 0.494. The van der Waals surface area contributed by atoms with Crippen LogP contribution in [0.4, 0.5) is 0 Å². The van der Waals surface area contributed by atoms with Crippen LogP contribution in [0.3, 0.4) is 0 Å². The molecule has 1 saturated carbocycles. The van der Waals surface area contributed by atoms with Gasteiger partial charge in [0, 0.05) is 33.2 Å². The highest BCUT2D eigenvalue weighted by Gasteiger charge is 2.34. The van der Waals surface area contributed by atoms with Crippen molar-refractivity contribution in [2.75, 3.05) is 39.0 Å². The van der Waals surface area contributed by atoms with Crippen LogP contribution in [0.25, 0.3) is 0 Å². The molecule has 2 N–H and O–H groups in total. The highest BCUT2D eigenvalue weighted by Crippen LogP contribution is 2.42. The maximum absolute atomic E-state index is 12.1. The van der Waals surface area contributed by atoms with Gasteiger partial charge < -0.3 is 10.6 Å². The van der Waals surface area contributed by atoms with Gasteiger partial charge in [0.1, 0.15) is 0 Å². The molecule has 22 heavy (non-hydrogen) atoms. The van der Waals surface area contributed by atoms with Crippen molar-refractivity contribution in [2.24, 2.45) is 10.4 Å². The van der Waals surface area contributed by atoms with Gasteiger partial charge >= 0.3 is 0 Å². The maximum Gasteiger partial charge on any atom is 0.215 e. The molecule has 0 amide bonds. The van der Waals surface area contributed by atoms with Gasteiger partial charge in [-0.2, -0.15) is 0 Å². The van der Waals surface area contributed by atoms with Crippen molar-refractivity contribution < 1.29 is 8.42 Å². The standard InChI is InChI=1S/C15H32N4O2S/c1-5-15(9-8-10-15)13-18-14(16-4)17-11-12-22(20,21)19(6-2)7-3/h5-13H2,1-4H3,(H2,16,17,18). The van der Waals surface area contributed by atoms with E-state index in [-0.39, 0.29) is 5.75 Å². The van der Waals surface area contributed by atoms with Gasteiger partial charge in [0.2, 0.25) is 10.0 Å². The van der Waals surface area contributed by atoms with Crippen LogP contribution in [-0.4, -0.2) is 57.7 Å². The van der Waals surface area contributed by atoms with Crippen LogP contribution in [0.2, 0.25) is 0 Å². The summed E-state index contributed by atoms with van der Waals surface area (Å²) in [6.45, 7) is 8.27. The Morgan fingerprint density at radius 3 is 2.23 bits per heavy atom. The van der Waals surface area contributed by atoms with Crippen LogP contribution >= 0.6 is 0 Å². The molecule has 1 fully saturated rings. The number of hydrogen-bond donors (Lipinski definition) is 2. The lowest BCUT2D eigenvalue weighted by molar-refractivity contribution is 0.131. The lowest BCUT2D eigenvalue weighted by Crippen LogP contribution is -2.47.